The van der Waals surface area contributed by atoms with E-state index in [1.807, 2.05) is 0 Å². The van der Waals surface area contributed by atoms with Crippen LogP contribution in [0.1, 0.15) is 28.9 Å². The minimum absolute atomic E-state index is 0.0859. The first-order valence-electron chi connectivity index (χ1n) is 6.48. The first kappa shape index (κ1) is 15.5. The van der Waals surface area contributed by atoms with Gasteiger partial charge in [0.2, 0.25) is 0 Å². The third kappa shape index (κ3) is 2.80. The summed E-state index contributed by atoms with van der Waals surface area (Å²) in [5.41, 5.74) is -3.28. The van der Waals surface area contributed by atoms with Gasteiger partial charge in [-0.3, -0.25) is 0 Å². The molecule has 0 amide bonds. The van der Waals surface area contributed by atoms with Crippen molar-refractivity contribution in [3.63, 3.8) is 0 Å². The second-order valence-corrected chi connectivity index (χ2v) is 5.01. The Hall–Kier alpha value is -2.38. The molecular weight excluding hydrogens is 322 g/mol. The van der Waals surface area contributed by atoms with E-state index in [9.17, 15) is 26.3 Å². The predicted molar refractivity (Wildman–Crippen MR) is 70.9 cm³/mol. The van der Waals surface area contributed by atoms with Crippen molar-refractivity contribution in [2.24, 2.45) is 0 Å². The molecule has 3 rings (SSSR count). The fraction of sp³-hybridized carbons (Fsp3) is 0.200. The van der Waals surface area contributed by atoms with E-state index >= 15 is 0 Å². The van der Waals surface area contributed by atoms with E-state index in [1.165, 1.54) is 18.2 Å². The van der Waals surface area contributed by atoms with E-state index in [4.69, 9.17) is 0 Å². The van der Waals surface area contributed by atoms with Gasteiger partial charge in [-0.25, -0.2) is 0 Å². The van der Waals surface area contributed by atoms with Crippen LogP contribution in [0.5, 0.6) is 0 Å². The number of hydrogen-bond donors (Lipinski definition) is 0. The lowest BCUT2D eigenvalue weighted by Gasteiger charge is -2.18. The molecule has 8 heteroatoms. The molecule has 0 saturated carbocycles. The van der Waals surface area contributed by atoms with Crippen molar-refractivity contribution in [1.82, 2.24) is 10.2 Å². The van der Waals surface area contributed by atoms with Crippen LogP contribution >= 0.6 is 0 Å². The lowest BCUT2D eigenvalue weighted by Crippen LogP contribution is -2.20. The minimum Gasteiger partial charge on any atom is -0.164 e. The Balaban J connectivity index is 2.39. The van der Waals surface area contributed by atoms with E-state index in [0.29, 0.717) is 5.57 Å². The highest BCUT2D eigenvalue weighted by atomic mass is 19.4. The van der Waals surface area contributed by atoms with Crippen LogP contribution in [0.4, 0.5) is 26.3 Å². The number of nitrogens with zero attached hydrogens (tertiary/aromatic N) is 2. The van der Waals surface area contributed by atoms with Crippen molar-refractivity contribution in [3.05, 3.63) is 58.5 Å². The van der Waals surface area contributed by atoms with Crippen molar-refractivity contribution in [1.29, 1.82) is 0 Å². The SMILES string of the molecule is FC(F)(F)c1nnc(C(F)(F)F)c2c1C=CC1=CC=CC=C2C1. The van der Waals surface area contributed by atoms with Gasteiger partial charge in [-0.15, -0.1) is 10.2 Å². The maximum atomic E-state index is 13.2. The number of aromatic nitrogens is 2. The first-order chi connectivity index (χ1) is 10.7. The molecule has 23 heavy (non-hydrogen) atoms. The van der Waals surface area contributed by atoms with E-state index in [1.54, 1.807) is 12.2 Å². The minimum atomic E-state index is -4.90. The summed E-state index contributed by atoms with van der Waals surface area (Å²) in [7, 11) is 0. The molecule has 0 N–H and O–H groups in total. The van der Waals surface area contributed by atoms with E-state index in [2.05, 4.69) is 10.2 Å². The zero-order valence-corrected chi connectivity index (χ0v) is 11.3. The van der Waals surface area contributed by atoms with Gasteiger partial charge in [0.05, 0.1) is 0 Å². The molecule has 1 aromatic heterocycles. The summed E-state index contributed by atoms with van der Waals surface area (Å²) in [5, 5.41) is 5.63. The molecule has 0 unspecified atom stereocenters. The summed E-state index contributed by atoms with van der Waals surface area (Å²) in [6, 6.07) is 0. The van der Waals surface area contributed by atoms with Crippen LogP contribution in [0, 0.1) is 0 Å². The van der Waals surface area contributed by atoms with Crippen LogP contribution in [0.15, 0.2) is 36.0 Å². The molecule has 0 aromatic carbocycles. The largest absolute Gasteiger partial charge is 0.435 e. The highest BCUT2D eigenvalue weighted by Crippen LogP contribution is 2.43. The van der Waals surface area contributed by atoms with Gasteiger partial charge in [-0.1, -0.05) is 36.5 Å². The molecule has 2 aliphatic rings. The van der Waals surface area contributed by atoms with Crippen molar-refractivity contribution in [2.45, 2.75) is 18.8 Å². The molecule has 120 valence electrons. The average molecular weight is 330 g/mol. The van der Waals surface area contributed by atoms with Gasteiger partial charge in [-0.05, 0) is 17.6 Å². The summed E-state index contributed by atoms with van der Waals surface area (Å²) < 4.78 is 78.9. The number of alkyl halides is 6. The monoisotopic (exact) mass is 330 g/mol. The highest BCUT2D eigenvalue weighted by molar-refractivity contribution is 5.82. The number of halogens is 6. The van der Waals surface area contributed by atoms with E-state index < -0.39 is 34.9 Å². The average Bonchev–Trinajstić information content (AvgIpc) is 2.77. The Morgan fingerprint density at radius 3 is 2.04 bits per heavy atom. The van der Waals surface area contributed by atoms with Gasteiger partial charge in [0, 0.05) is 11.1 Å². The van der Waals surface area contributed by atoms with Crippen molar-refractivity contribution in [2.75, 3.05) is 0 Å². The quantitative estimate of drug-likeness (QED) is 0.638. The molecule has 0 radical (unpaired) electrons. The van der Waals surface area contributed by atoms with Gasteiger partial charge >= 0.3 is 12.4 Å². The normalized spacial score (nSPS) is 17.1. The van der Waals surface area contributed by atoms with Gasteiger partial charge < -0.3 is 0 Å². The van der Waals surface area contributed by atoms with E-state index in [0.717, 1.165) is 6.08 Å². The molecule has 2 bridgehead atoms. The number of allylic oxidation sites excluding steroid dienone is 7. The van der Waals surface area contributed by atoms with Gasteiger partial charge in [0.25, 0.3) is 0 Å². The van der Waals surface area contributed by atoms with Crippen LogP contribution in [-0.2, 0) is 12.4 Å². The zero-order chi connectivity index (χ0) is 16.8. The second kappa shape index (κ2) is 5.07. The van der Waals surface area contributed by atoms with Crippen molar-refractivity contribution >= 4 is 11.6 Å². The predicted octanol–water partition coefficient (Wildman–Crippen LogP) is 4.81. The molecule has 0 saturated heterocycles. The third-order valence-corrected chi connectivity index (χ3v) is 3.45. The lowest BCUT2D eigenvalue weighted by atomic mass is 9.95. The van der Waals surface area contributed by atoms with Crippen LogP contribution in [0.3, 0.4) is 0 Å². The second-order valence-electron chi connectivity index (χ2n) is 5.01. The molecule has 2 nitrogen and oxygen atoms in total. The Kier molecular flexibility index (Phi) is 3.42. The Labute approximate surface area is 126 Å². The molecule has 0 spiro atoms. The molecular formula is C15H8F6N2. The number of hydrogen-bond acceptors (Lipinski definition) is 2. The van der Waals surface area contributed by atoms with Crippen LogP contribution in [0.25, 0.3) is 11.6 Å². The van der Waals surface area contributed by atoms with Gasteiger partial charge in [0.1, 0.15) is 0 Å². The fourth-order valence-corrected chi connectivity index (χ4v) is 2.51. The molecule has 0 aliphatic heterocycles. The Morgan fingerprint density at radius 2 is 1.39 bits per heavy atom. The Morgan fingerprint density at radius 1 is 0.783 bits per heavy atom. The molecule has 2 aliphatic carbocycles. The summed E-state index contributed by atoms with van der Waals surface area (Å²) in [6.07, 6.45) is -1.23. The number of fused-ring (bicyclic) bond motifs is 4. The first-order valence-corrected chi connectivity index (χ1v) is 6.48. The molecule has 1 aromatic rings. The third-order valence-electron chi connectivity index (χ3n) is 3.45. The highest BCUT2D eigenvalue weighted by Gasteiger charge is 2.43. The summed E-state index contributed by atoms with van der Waals surface area (Å²) >= 11 is 0. The number of rotatable bonds is 0. The maximum Gasteiger partial charge on any atom is 0.435 e. The van der Waals surface area contributed by atoms with Crippen LogP contribution < -0.4 is 0 Å². The molecule has 0 fully saturated rings. The van der Waals surface area contributed by atoms with Crippen molar-refractivity contribution in [3.8, 4) is 0 Å². The maximum absolute atomic E-state index is 13.2. The standard InChI is InChI=1S/C15H8F6N2/c16-14(17,18)12-10-6-5-8-3-1-2-4-9(7-8)11(10)13(23-22-12)15(19,20)21/h1-6H,7H2. The smallest absolute Gasteiger partial charge is 0.164 e. The fourth-order valence-electron chi connectivity index (χ4n) is 2.51. The van der Waals surface area contributed by atoms with Crippen LogP contribution in [0.2, 0.25) is 0 Å². The zero-order valence-electron chi connectivity index (χ0n) is 11.3. The van der Waals surface area contributed by atoms with Gasteiger partial charge in [0.15, 0.2) is 11.4 Å². The molecule has 1 heterocycles. The summed E-state index contributed by atoms with van der Waals surface area (Å²) in [5.74, 6) is 0. The Bertz CT molecular complexity index is 778. The van der Waals surface area contributed by atoms with E-state index in [-0.39, 0.29) is 12.0 Å². The summed E-state index contributed by atoms with van der Waals surface area (Å²) in [4.78, 5) is 0. The molecule has 0 atom stereocenters. The summed E-state index contributed by atoms with van der Waals surface area (Å²) in [6.45, 7) is 0. The van der Waals surface area contributed by atoms with Gasteiger partial charge in [-0.2, -0.15) is 26.3 Å². The topological polar surface area (TPSA) is 25.8 Å². The lowest BCUT2D eigenvalue weighted by molar-refractivity contribution is -0.148. The van der Waals surface area contributed by atoms with Crippen LogP contribution in [-0.4, -0.2) is 10.2 Å². The van der Waals surface area contributed by atoms with Crippen molar-refractivity contribution < 1.29 is 26.3 Å².